The minimum atomic E-state index is -0.920. The lowest BCUT2D eigenvalue weighted by Crippen LogP contribution is -2.15. The fourth-order valence-electron chi connectivity index (χ4n) is 1.83. The number of aromatic nitrogens is 1. The van der Waals surface area contributed by atoms with E-state index in [2.05, 4.69) is 10.3 Å². The molecule has 0 bridgehead atoms. The van der Waals surface area contributed by atoms with Crippen molar-refractivity contribution in [1.29, 1.82) is 0 Å². The first-order valence-electron chi connectivity index (χ1n) is 5.86. The van der Waals surface area contributed by atoms with Gasteiger partial charge in [0.2, 0.25) is 0 Å². The van der Waals surface area contributed by atoms with E-state index in [-0.39, 0.29) is 5.13 Å². The Hall–Kier alpha value is -2.05. The minimum absolute atomic E-state index is 0.250. The molecule has 0 saturated heterocycles. The van der Waals surface area contributed by atoms with Crippen molar-refractivity contribution >= 4 is 44.2 Å². The monoisotopic (exact) mass is 324 g/mol. The zero-order valence-electron chi connectivity index (χ0n) is 10.4. The number of carbonyl (C=O) groups excluding carboxylic acids is 1. The molecule has 1 aromatic heterocycles. The summed E-state index contributed by atoms with van der Waals surface area (Å²) in [6, 6.07) is 8.32. The zero-order chi connectivity index (χ0) is 15.0. The second kappa shape index (κ2) is 5.38. The smallest absolute Gasteiger partial charge is 0.263 e. The first-order chi connectivity index (χ1) is 10.0. The van der Waals surface area contributed by atoms with Gasteiger partial charge in [-0.15, -0.1) is 0 Å². The molecule has 0 unspecified atom stereocenters. The molecule has 1 amide bonds. The first-order valence-corrected chi connectivity index (χ1v) is 7.05. The van der Waals surface area contributed by atoms with E-state index in [0.717, 1.165) is 16.8 Å². The third-order valence-corrected chi connectivity index (χ3v) is 3.93. The molecule has 0 radical (unpaired) electrons. The molecule has 3 rings (SSSR count). The summed E-state index contributed by atoms with van der Waals surface area (Å²) in [5.41, 5.74) is 0.0171. The molecule has 0 aliphatic rings. The van der Waals surface area contributed by atoms with Crippen LogP contribution in [0.5, 0.6) is 0 Å². The van der Waals surface area contributed by atoms with Gasteiger partial charge in [0.15, 0.2) is 5.13 Å². The maximum atomic E-state index is 13.5. The predicted molar refractivity (Wildman–Crippen MR) is 78.9 cm³/mol. The van der Waals surface area contributed by atoms with Gasteiger partial charge in [-0.3, -0.25) is 10.1 Å². The summed E-state index contributed by atoms with van der Waals surface area (Å²) in [7, 11) is 0. The Morgan fingerprint density at radius 1 is 1.19 bits per heavy atom. The number of nitrogens with zero attached hydrogens (tertiary/aromatic N) is 1. The highest BCUT2D eigenvalue weighted by atomic mass is 35.5. The van der Waals surface area contributed by atoms with Crippen LogP contribution >= 0.6 is 22.9 Å². The highest BCUT2D eigenvalue weighted by Gasteiger charge is 2.18. The number of amides is 1. The van der Waals surface area contributed by atoms with Crippen molar-refractivity contribution in [2.75, 3.05) is 5.32 Å². The molecular formula is C14H7ClF2N2OS. The summed E-state index contributed by atoms with van der Waals surface area (Å²) in [5.74, 6) is -2.72. The zero-order valence-corrected chi connectivity index (χ0v) is 11.9. The number of hydrogen-bond acceptors (Lipinski definition) is 3. The third kappa shape index (κ3) is 2.72. The molecule has 3 aromatic rings. The molecule has 0 aliphatic heterocycles. The van der Waals surface area contributed by atoms with Crippen molar-refractivity contribution in [2.45, 2.75) is 0 Å². The number of fused-ring (bicyclic) bond motifs is 1. The van der Waals surface area contributed by atoms with Crippen LogP contribution in [0.2, 0.25) is 5.02 Å². The van der Waals surface area contributed by atoms with E-state index < -0.39 is 23.1 Å². The third-order valence-electron chi connectivity index (χ3n) is 2.76. The summed E-state index contributed by atoms with van der Waals surface area (Å²) >= 11 is 7.04. The molecule has 0 spiro atoms. The molecule has 106 valence electrons. The van der Waals surface area contributed by atoms with Gasteiger partial charge in [-0.05, 0) is 30.3 Å². The maximum absolute atomic E-state index is 13.5. The van der Waals surface area contributed by atoms with E-state index in [0.29, 0.717) is 10.5 Å². The fraction of sp³-hybridized carbons (Fsp3) is 0. The molecule has 21 heavy (non-hydrogen) atoms. The van der Waals surface area contributed by atoms with E-state index in [9.17, 15) is 13.6 Å². The molecule has 0 aliphatic carbocycles. The van der Waals surface area contributed by atoms with Crippen LogP contribution in [-0.2, 0) is 0 Å². The van der Waals surface area contributed by atoms with Gasteiger partial charge in [0.25, 0.3) is 5.91 Å². The minimum Gasteiger partial charge on any atom is -0.298 e. The SMILES string of the molecule is O=C(Nc1nc2ccc(Cl)cc2s1)c1c(F)cccc1F. The molecular weight excluding hydrogens is 318 g/mol. The van der Waals surface area contributed by atoms with Crippen molar-refractivity contribution in [3.8, 4) is 0 Å². The van der Waals surface area contributed by atoms with Gasteiger partial charge in [-0.1, -0.05) is 29.0 Å². The number of rotatable bonds is 2. The second-order valence-corrected chi connectivity index (χ2v) is 5.65. The van der Waals surface area contributed by atoms with E-state index in [1.54, 1.807) is 18.2 Å². The van der Waals surface area contributed by atoms with E-state index in [1.165, 1.54) is 17.4 Å². The number of nitrogens with one attached hydrogen (secondary N) is 1. The Balaban J connectivity index is 1.93. The van der Waals surface area contributed by atoms with Crippen LogP contribution in [0.1, 0.15) is 10.4 Å². The maximum Gasteiger partial charge on any atom is 0.263 e. The highest BCUT2D eigenvalue weighted by Crippen LogP contribution is 2.28. The van der Waals surface area contributed by atoms with E-state index in [4.69, 9.17) is 11.6 Å². The molecule has 7 heteroatoms. The average molecular weight is 325 g/mol. The number of benzene rings is 2. The molecule has 0 saturated carbocycles. The Kier molecular flexibility index (Phi) is 3.57. The number of anilines is 1. The normalized spacial score (nSPS) is 10.8. The van der Waals surface area contributed by atoms with Crippen LogP contribution < -0.4 is 5.32 Å². The topological polar surface area (TPSA) is 42.0 Å². The van der Waals surface area contributed by atoms with Crippen molar-refractivity contribution in [1.82, 2.24) is 4.98 Å². The highest BCUT2D eigenvalue weighted by molar-refractivity contribution is 7.22. The van der Waals surface area contributed by atoms with Crippen LogP contribution in [0.4, 0.5) is 13.9 Å². The molecule has 3 nitrogen and oxygen atoms in total. The number of carbonyl (C=O) groups is 1. The summed E-state index contributed by atoms with van der Waals surface area (Å²) in [6.45, 7) is 0. The van der Waals surface area contributed by atoms with Crippen molar-refractivity contribution < 1.29 is 13.6 Å². The predicted octanol–water partition coefficient (Wildman–Crippen LogP) is 4.48. The second-order valence-electron chi connectivity index (χ2n) is 4.18. The molecule has 1 N–H and O–H groups in total. The number of halogens is 3. The quantitative estimate of drug-likeness (QED) is 0.755. The summed E-state index contributed by atoms with van der Waals surface area (Å²) in [6.07, 6.45) is 0. The van der Waals surface area contributed by atoms with Crippen LogP contribution in [0.3, 0.4) is 0 Å². The summed E-state index contributed by atoms with van der Waals surface area (Å²) in [4.78, 5) is 16.1. The summed E-state index contributed by atoms with van der Waals surface area (Å²) < 4.78 is 27.8. The van der Waals surface area contributed by atoms with Gasteiger partial charge >= 0.3 is 0 Å². The first kappa shape index (κ1) is 13.9. The van der Waals surface area contributed by atoms with Gasteiger partial charge in [0.05, 0.1) is 10.2 Å². The standard InChI is InChI=1S/C14H7ClF2N2OS/c15-7-4-5-10-11(6-7)21-14(18-10)19-13(20)12-8(16)2-1-3-9(12)17/h1-6H,(H,18,19,20). The Morgan fingerprint density at radius 2 is 1.90 bits per heavy atom. The van der Waals surface area contributed by atoms with E-state index in [1.807, 2.05) is 0 Å². The summed E-state index contributed by atoms with van der Waals surface area (Å²) in [5, 5.41) is 3.19. The molecule has 2 aromatic carbocycles. The average Bonchev–Trinajstić information content (AvgIpc) is 2.79. The van der Waals surface area contributed by atoms with Gasteiger partial charge in [0.1, 0.15) is 17.2 Å². The number of hydrogen-bond donors (Lipinski definition) is 1. The van der Waals surface area contributed by atoms with Gasteiger partial charge in [-0.25, -0.2) is 13.8 Å². The fourth-order valence-corrected chi connectivity index (χ4v) is 2.96. The van der Waals surface area contributed by atoms with Crippen LogP contribution in [0, 0.1) is 11.6 Å². The van der Waals surface area contributed by atoms with Gasteiger partial charge in [-0.2, -0.15) is 0 Å². The Bertz CT molecular complexity index is 830. The van der Waals surface area contributed by atoms with Crippen LogP contribution in [0.25, 0.3) is 10.2 Å². The lowest BCUT2D eigenvalue weighted by molar-refractivity contribution is 0.101. The Morgan fingerprint density at radius 3 is 2.62 bits per heavy atom. The lowest BCUT2D eigenvalue weighted by atomic mass is 10.2. The van der Waals surface area contributed by atoms with Crippen LogP contribution in [0.15, 0.2) is 36.4 Å². The largest absolute Gasteiger partial charge is 0.298 e. The van der Waals surface area contributed by atoms with Crippen LogP contribution in [-0.4, -0.2) is 10.9 Å². The van der Waals surface area contributed by atoms with Gasteiger partial charge < -0.3 is 0 Å². The van der Waals surface area contributed by atoms with Crippen molar-refractivity contribution in [3.63, 3.8) is 0 Å². The number of thiazole rings is 1. The van der Waals surface area contributed by atoms with Gasteiger partial charge in [0, 0.05) is 5.02 Å². The molecule has 0 fully saturated rings. The van der Waals surface area contributed by atoms with E-state index >= 15 is 0 Å². The lowest BCUT2D eigenvalue weighted by Gasteiger charge is -2.03. The van der Waals surface area contributed by atoms with Crippen molar-refractivity contribution in [3.05, 3.63) is 58.6 Å². The molecule has 0 atom stereocenters. The Labute approximate surface area is 127 Å². The van der Waals surface area contributed by atoms with Crippen molar-refractivity contribution in [2.24, 2.45) is 0 Å². The molecule has 1 heterocycles.